The van der Waals surface area contributed by atoms with E-state index in [0.717, 1.165) is 21.3 Å². The molecule has 6 nitrogen and oxygen atoms in total. The number of thiazole rings is 1. The molecule has 1 aromatic carbocycles. The van der Waals surface area contributed by atoms with Crippen LogP contribution in [0.3, 0.4) is 0 Å². The van der Waals surface area contributed by atoms with Crippen molar-refractivity contribution in [3.05, 3.63) is 45.9 Å². The summed E-state index contributed by atoms with van der Waals surface area (Å²) in [4.78, 5) is 29.1. The van der Waals surface area contributed by atoms with E-state index in [-0.39, 0.29) is 18.9 Å². The van der Waals surface area contributed by atoms with Crippen LogP contribution >= 0.6 is 23.1 Å². The summed E-state index contributed by atoms with van der Waals surface area (Å²) in [6.07, 6.45) is 0.367. The van der Waals surface area contributed by atoms with Crippen LogP contribution < -0.4 is 5.32 Å². The fourth-order valence-electron chi connectivity index (χ4n) is 2.83. The average molecular weight is 393 g/mol. The maximum atomic E-state index is 12.5. The fourth-order valence-corrected chi connectivity index (χ4v) is 4.34. The Kier molecular flexibility index (Phi) is 5.95. The number of carboxylic acids is 1. The van der Waals surface area contributed by atoms with Crippen LogP contribution in [-0.4, -0.2) is 40.7 Å². The van der Waals surface area contributed by atoms with Gasteiger partial charge in [-0.15, -0.1) is 23.1 Å². The minimum Gasteiger partial charge on any atom is -0.481 e. The molecule has 1 fully saturated rings. The average Bonchev–Trinajstić information content (AvgIpc) is 3.22. The first-order chi connectivity index (χ1) is 12.5. The van der Waals surface area contributed by atoms with Gasteiger partial charge in [0.15, 0.2) is 0 Å². The lowest BCUT2D eigenvalue weighted by Crippen LogP contribution is -2.50. The number of nitrogens with one attached hydrogen (secondary N) is 1. The number of ether oxygens (including phenoxy) is 1. The predicted octanol–water partition coefficient (Wildman–Crippen LogP) is 3.11. The Hall–Kier alpha value is -1.90. The lowest BCUT2D eigenvalue weighted by atomic mass is 9.94. The van der Waals surface area contributed by atoms with Crippen molar-refractivity contribution in [3.8, 4) is 0 Å². The molecule has 1 atom stereocenters. The quantitative estimate of drug-likeness (QED) is 0.704. The number of carboxylic acid groups (broad SMARTS) is 1. The maximum Gasteiger partial charge on any atom is 0.305 e. The van der Waals surface area contributed by atoms with Crippen LogP contribution in [0.4, 0.5) is 0 Å². The highest BCUT2D eigenvalue weighted by Gasteiger charge is 2.38. The van der Waals surface area contributed by atoms with Crippen molar-refractivity contribution in [1.82, 2.24) is 10.3 Å². The van der Waals surface area contributed by atoms with Crippen molar-refractivity contribution in [2.45, 2.75) is 36.0 Å². The van der Waals surface area contributed by atoms with Crippen LogP contribution in [0, 0.1) is 6.92 Å². The van der Waals surface area contributed by atoms with Crippen LogP contribution in [0.5, 0.6) is 0 Å². The molecule has 0 bridgehead atoms. The second kappa shape index (κ2) is 8.20. The number of amides is 1. The normalized spacial score (nSPS) is 19.4. The summed E-state index contributed by atoms with van der Waals surface area (Å²) in [6.45, 7) is 2.67. The molecule has 2 N–H and O–H groups in total. The number of hydrogen-bond acceptors (Lipinski definition) is 6. The van der Waals surface area contributed by atoms with E-state index in [9.17, 15) is 9.59 Å². The molecule has 1 aliphatic rings. The molecule has 2 aromatic rings. The smallest absolute Gasteiger partial charge is 0.305 e. The summed E-state index contributed by atoms with van der Waals surface area (Å²) >= 11 is 3.30. The number of hydrogen-bond donors (Lipinski definition) is 2. The van der Waals surface area contributed by atoms with Gasteiger partial charge in [0.2, 0.25) is 0 Å². The molecular formula is C18H20N2O4S2. The number of carbonyl (C=O) groups is 2. The topological polar surface area (TPSA) is 88.5 Å². The molecule has 138 valence electrons. The summed E-state index contributed by atoms with van der Waals surface area (Å²) in [5.74, 6) is -0.433. The molecule has 1 aromatic heterocycles. The zero-order valence-corrected chi connectivity index (χ0v) is 16.0. The molecule has 3 rings (SSSR count). The molecule has 0 radical (unpaired) electrons. The minimum atomic E-state index is -0.945. The van der Waals surface area contributed by atoms with Gasteiger partial charge in [0.05, 0.1) is 29.3 Å². The minimum absolute atomic E-state index is 0.139. The van der Waals surface area contributed by atoms with E-state index in [2.05, 4.69) is 15.7 Å². The summed E-state index contributed by atoms with van der Waals surface area (Å²) in [5, 5.41) is 15.1. The van der Waals surface area contributed by atoms with Gasteiger partial charge in [-0.2, -0.15) is 0 Å². The van der Waals surface area contributed by atoms with Crippen molar-refractivity contribution >= 4 is 35.0 Å². The second-order valence-corrected chi connectivity index (χ2v) is 8.39. The predicted molar refractivity (Wildman–Crippen MR) is 101 cm³/mol. The number of benzene rings is 1. The van der Waals surface area contributed by atoms with E-state index in [1.165, 1.54) is 0 Å². The van der Waals surface area contributed by atoms with Crippen LogP contribution in [0.2, 0.25) is 0 Å². The van der Waals surface area contributed by atoms with E-state index in [1.807, 2.05) is 19.1 Å². The molecule has 0 spiro atoms. The summed E-state index contributed by atoms with van der Waals surface area (Å²) < 4.78 is 5.31. The van der Waals surface area contributed by atoms with Crippen LogP contribution in [0.25, 0.3) is 0 Å². The van der Waals surface area contributed by atoms with Crippen molar-refractivity contribution in [2.75, 3.05) is 13.2 Å². The van der Waals surface area contributed by atoms with Crippen LogP contribution in [0.1, 0.15) is 33.9 Å². The lowest BCUT2D eigenvalue weighted by molar-refractivity contribution is -0.138. The maximum absolute atomic E-state index is 12.5. The molecule has 1 unspecified atom stereocenters. The zero-order chi connectivity index (χ0) is 18.6. The van der Waals surface area contributed by atoms with Gasteiger partial charge in [0.25, 0.3) is 5.91 Å². The number of aryl methyl sites for hydroxylation is 1. The monoisotopic (exact) mass is 392 g/mol. The Morgan fingerprint density at radius 1 is 1.38 bits per heavy atom. The van der Waals surface area contributed by atoms with Gasteiger partial charge in [-0.05, 0) is 37.6 Å². The van der Waals surface area contributed by atoms with Gasteiger partial charge in [0, 0.05) is 28.2 Å². The van der Waals surface area contributed by atoms with Crippen LogP contribution in [-0.2, 0) is 15.3 Å². The van der Waals surface area contributed by atoms with Gasteiger partial charge in [0.1, 0.15) is 0 Å². The fraction of sp³-hybridized carbons (Fsp3) is 0.389. The Bertz CT molecular complexity index is 783. The standard InChI is InChI=1S/C18H20N2O4S2/c1-12-19-14(9-25-12)10-26-15-4-2-13(3-5-15)17(23)20-18(8-16(21)22)6-7-24-11-18/h2-5,9H,6-8,10-11H2,1H3,(H,20,23)(H,21,22). The number of thioether (sulfide) groups is 1. The SMILES string of the molecule is Cc1nc(CSc2ccc(C(=O)NC3(CC(=O)O)CCOC3)cc2)cs1. The Balaban J connectivity index is 1.60. The zero-order valence-electron chi connectivity index (χ0n) is 14.4. The van der Waals surface area contributed by atoms with E-state index in [1.54, 1.807) is 35.2 Å². The third-order valence-corrected chi connectivity index (χ3v) is 6.01. The van der Waals surface area contributed by atoms with Crippen LogP contribution in [0.15, 0.2) is 34.5 Å². The largest absolute Gasteiger partial charge is 0.481 e. The van der Waals surface area contributed by atoms with Gasteiger partial charge >= 0.3 is 5.97 Å². The first-order valence-electron chi connectivity index (χ1n) is 8.22. The second-order valence-electron chi connectivity index (χ2n) is 6.28. The molecule has 1 amide bonds. The third kappa shape index (κ3) is 4.84. The molecule has 0 saturated carbocycles. The highest BCUT2D eigenvalue weighted by Crippen LogP contribution is 2.25. The summed E-state index contributed by atoms with van der Waals surface area (Å²) in [7, 11) is 0. The van der Waals surface area contributed by atoms with Gasteiger partial charge in [-0.25, -0.2) is 4.98 Å². The number of nitrogens with zero attached hydrogens (tertiary/aromatic N) is 1. The molecule has 26 heavy (non-hydrogen) atoms. The molecule has 0 aliphatic carbocycles. The van der Waals surface area contributed by atoms with E-state index >= 15 is 0 Å². The first kappa shape index (κ1) is 18.9. The van der Waals surface area contributed by atoms with E-state index < -0.39 is 11.5 Å². The van der Waals surface area contributed by atoms with Gasteiger partial charge in [-0.1, -0.05) is 0 Å². The third-order valence-electron chi connectivity index (χ3n) is 4.14. The molecular weight excluding hydrogens is 372 g/mol. The number of aromatic nitrogens is 1. The van der Waals surface area contributed by atoms with Crippen molar-refractivity contribution < 1.29 is 19.4 Å². The molecule has 2 heterocycles. The number of rotatable bonds is 7. The Labute approximate surface area is 160 Å². The highest BCUT2D eigenvalue weighted by molar-refractivity contribution is 7.98. The van der Waals surface area contributed by atoms with E-state index in [4.69, 9.17) is 9.84 Å². The summed E-state index contributed by atoms with van der Waals surface area (Å²) in [6, 6.07) is 7.31. The van der Waals surface area contributed by atoms with Gasteiger partial charge < -0.3 is 15.2 Å². The summed E-state index contributed by atoms with van der Waals surface area (Å²) in [5.41, 5.74) is 0.741. The molecule has 1 saturated heterocycles. The number of aliphatic carboxylic acids is 1. The lowest BCUT2D eigenvalue weighted by Gasteiger charge is -2.27. The Morgan fingerprint density at radius 3 is 2.73 bits per heavy atom. The van der Waals surface area contributed by atoms with Crippen molar-refractivity contribution in [1.29, 1.82) is 0 Å². The van der Waals surface area contributed by atoms with Crippen molar-refractivity contribution in [3.63, 3.8) is 0 Å². The molecule has 1 aliphatic heterocycles. The molecule has 8 heteroatoms. The first-order valence-corrected chi connectivity index (χ1v) is 10.1. The van der Waals surface area contributed by atoms with Crippen molar-refractivity contribution in [2.24, 2.45) is 0 Å². The Morgan fingerprint density at radius 2 is 2.15 bits per heavy atom. The van der Waals surface area contributed by atoms with E-state index in [0.29, 0.717) is 18.6 Å². The number of carbonyl (C=O) groups excluding carboxylic acids is 1. The highest BCUT2D eigenvalue weighted by atomic mass is 32.2. The van der Waals surface area contributed by atoms with Gasteiger partial charge in [-0.3, -0.25) is 9.59 Å².